The van der Waals surface area contributed by atoms with Crippen molar-refractivity contribution in [1.82, 2.24) is 4.72 Å². The van der Waals surface area contributed by atoms with E-state index in [1.807, 2.05) is 0 Å². The SMILES string of the molecule is CC(C)(C)[C@H]1CC[C@@H](NS(C)(=O)=O)CC1. The third kappa shape index (κ3) is 4.51. The molecule has 0 saturated heterocycles. The number of sulfonamides is 1. The van der Waals surface area contributed by atoms with Gasteiger partial charge in [-0.2, -0.15) is 0 Å². The lowest BCUT2D eigenvalue weighted by atomic mass is 9.71. The van der Waals surface area contributed by atoms with E-state index in [1.54, 1.807) is 0 Å². The monoisotopic (exact) mass is 233 g/mol. The summed E-state index contributed by atoms with van der Waals surface area (Å²) in [6.45, 7) is 6.80. The topological polar surface area (TPSA) is 46.2 Å². The first-order valence-corrected chi connectivity index (χ1v) is 7.55. The summed E-state index contributed by atoms with van der Waals surface area (Å²) >= 11 is 0. The molecule has 1 saturated carbocycles. The van der Waals surface area contributed by atoms with Gasteiger partial charge in [0.15, 0.2) is 0 Å². The molecule has 0 atom stereocenters. The molecule has 0 aromatic heterocycles. The highest BCUT2D eigenvalue weighted by Crippen LogP contribution is 2.37. The number of hydrogen-bond donors (Lipinski definition) is 1. The van der Waals surface area contributed by atoms with Gasteiger partial charge in [0, 0.05) is 6.04 Å². The zero-order chi connectivity index (χ0) is 11.7. The summed E-state index contributed by atoms with van der Waals surface area (Å²) in [4.78, 5) is 0. The van der Waals surface area contributed by atoms with Crippen molar-refractivity contribution in [3.05, 3.63) is 0 Å². The fourth-order valence-electron chi connectivity index (χ4n) is 2.38. The molecule has 4 heteroatoms. The summed E-state index contributed by atoms with van der Waals surface area (Å²) in [6, 6.07) is 0.165. The lowest BCUT2D eigenvalue weighted by molar-refractivity contribution is 0.166. The maximum Gasteiger partial charge on any atom is 0.208 e. The maximum absolute atomic E-state index is 11.1. The third-order valence-electron chi connectivity index (χ3n) is 3.33. The molecular formula is C11H23NO2S. The quantitative estimate of drug-likeness (QED) is 0.794. The fraction of sp³-hybridized carbons (Fsp3) is 1.00. The predicted octanol–water partition coefficient (Wildman–Crippen LogP) is 2.14. The summed E-state index contributed by atoms with van der Waals surface area (Å²) in [5.41, 5.74) is 0.357. The summed E-state index contributed by atoms with van der Waals surface area (Å²) in [5, 5.41) is 0. The van der Waals surface area contributed by atoms with Crippen LogP contribution in [0, 0.1) is 11.3 Å². The van der Waals surface area contributed by atoms with Crippen molar-refractivity contribution in [1.29, 1.82) is 0 Å². The largest absolute Gasteiger partial charge is 0.213 e. The molecule has 1 aliphatic rings. The zero-order valence-corrected chi connectivity index (χ0v) is 11.0. The van der Waals surface area contributed by atoms with Crippen molar-refractivity contribution in [3.63, 3.8) is 0 Å². The molecule has 1 aliphatic carbocycles. The summed E-state index contributed by atoms with van der Waals surface area (Å²) in [5.74, 6) is 0.732. The Labute approximate surface area is 93.7 Å². The molecule has 0 aromatic rings. The minimum Gasteiger partial charge on any atom is -0.213 e. The Bertz CT molecular complexity index is 295. The van der Waals surface area contributed by atoms with Crippen LogP contribution in [0.3, 0.4) is 0 Å². The number of nitrogens with one attached hydrogen (secondary N) is 1. The molecule has 0 amide bonds. The second-order valence-electron chi connectivity index (χ2n) is 5.80. The molecule has 3 nitrogen and oxygen atoms in total. The summed E-state index contributed by atoms with van der Waals surface area (Å²) in [6.07, 6.45) is 5.47. The molecule has 0 radical (unpaired) electrons. The first kappa shape index (κ1) is 13.0. The third-order valence-corrected chi connectivity index (χ3v) is 4.09. The molecule has 0 unspecified atom stereocenters. The average molecular weight is 233 g/mol. The standard InChI is InChI=1S/C11H23NO2S/c1-11(2,3)9-5-7-10(8-6-9)12-15(4,13)14/h9-10,12H,5-8H2,1-4H3/t9-,10+. The van der Waals surface area contributed by atoms with Crippen LogP contribution >= 0.6 is 0 Å². The van der Waals surface area contributed by atoms with Crippen LogP contribution in [-0.4, -0.2) is 20.7 Å². The number of hydrogen-bond acceptors (Lipinski definition) is 2. The van der Waals surface area contributed by atoms with Gasteiger partial charge in [0.05, 0.1) is 6.26 Å². The average Bonchev–Trinajstić information content (AvgIpc) is 2.00. The molecule has 15 heavy (non-hydrogen) atoms. The molecule has 0 aromatic carbocycles. The van der Waals surface area contributed by atoms with Gasteiger partial charge >= 0.3 is 0 Å². The first-order valence-electron chi connectivity index (χ1n) is 5.66. The van der Waals surface area contributed by atoms with Crippen molar-refractivity contribution in [2.45, 2.75) is 52.5 Å². The lowest BCUT2D eigenvalue weighted by Gasteiger charge is -2.36. The molecule has 0 heterocycles. The molecule has 90 valence electrons. The Balaban J connectivity index is 2.43. The van der Waals surface area contributed by atoms with Gasteiger partial charge in [-0.05, 0) is 37.0 Å². The smallest absolute Gasteiger partial charge is 0.208 e. The van der Waals surface area contributed by atoms with Gasteiger partial charge in [0.25, 0.3) is 0 Å². The Morgan fingerprint density at radius 3 is 1.87 bits per heavy atom. The van der Waals surface area contributed by atoms with Crippen LogP contribution in [0.5, 0.6) is 0 Å². The first-order chi connectivity index (χ1) is 6.68. The van der Waals surface area contributed by atoms with Crippen molar-refractivity contribution in [2.75, 3.05) is 6.26 Å². The Morgan fingerprint density at radius 2 is 1.53 bits per heavy atom. The van der Waals surface area contributed by atoms with Crippen LogP contribution < -0.4 is 4.72 Å². The Kier molecular flexibility index (Phi) is 3.82. The minimum atomic E-state index is -3.03. The molecular weight excluding hydrogens is 210 g/mol. The van der Waals surface area contributed by atoms with Gasteiger partial charge in [-0.15, -0.1) is 0 Å². The van der Waals surface area contributed by atoms with E-state index in [-0.39, 0.29) is 6.04 Å². The van der Waals surface area contributed by atoms with E-state index in [1.165, 1.54) is 6.26 Å². The van der Waals surface area contributed by atoms with Crippen LogP contribution in [-0.2, 0) is 10.0 Å². The molecule has 1 rings (SSSR count). The van der Waals surface area contributed by atoms with Gasteiger partial charge in [-0.3, -0.25) is 0 Å². The molecule has 1 fully saturated rings. The van der Waals surface area contributed by atoms with Gasteiger partial charge < -0.3 is 0 Å². The van der Waals surface area contributed by atoms with Gasteiger partial charge in [-0.1, -0.05) is 20.8 Å². The van der Waals surface area contributed by atoms with Crippen LogP contribution in [0.4, 0.5) is 0 Å². The summed E-state index contributed by atoms with van der Waals surface area (Å²) < 4.78 is 24.8. The molecule has 0 bridgehead atoms. The van der Waals surface area contributed by atoms with E-state index in [0.717, 1.165) is 31.6 Å². The highest BCUT2D eigenvalue weighted by Gasteiger charge is 2.30. The van der Waals surface area contributed by atoms with E-state index in [9.17, 15) is 8.42 Å². The van der Waals surface area contributed by atoms with Gasteiger partial charge in [-0.25, -0.2) is 13.1 Å². The minimum absolute atomic E-state index is 0.165. The van der Waals surface area contributed by atoms with E-state index in [2.05, 4.69) is 25.5 Å². The number of rotatable bonds is 2. The fourth-order valence-corrected chi connectivity index (χ4v) is 3.22. The van der Waals surface area contributed by atoms with E-state index in [4.69, 9.17) is 0 Å². The lowest BCUT2D eigenvalue weighted by Crippen LogP contribution is -2.38. The normalized spacial score (nSPS) is 29.1. The molecule has 1 N–H and O–H groups in total. The van der Waals surface area contributed by atoms with Crippen molar-refractivity contribution in [3.8, 4) is 0 Å². The molecule has 0 spiro atoms. The van der Waals surface area contributed by atoms with E-state index >= 15 is 0 Å². The maximum atomic E-state index is 11.1. The Hall–Kier alpha value is -0.0900. The predicted molar refractivity (Wildman–Crippen MR) is 63.2 cm³/mol. The van der Waals surface area contributed by atoms with Crippen molar-refractivity contribution >= 4 is 10.0 Å². The van der Waals surface area contributed by atoms with E-state index in [0.29, 0.717) is 5.41 Å². The zero-order valence-electron chi connectivity index (χ0n) is 10.2. The van der Waals surface area contributed by atoms with Crippen LogP contribution in [0.2, 0.25) is 0 Å². The highest BCUT2D eigenvalue weighted by molar-refractivity contribution is 7.88. The summed E-state index contributed by atoms with van der Waals surface area (Å²) in [7, 11) is -3.03. The Morgan fingerprint density at radius 1 is 1.07 bits per heavy atom. The second-order valence-corrected chi connectivity index (χ2v) is 7.58. The highest BCUT2D eigenvalue weighted by atomic mass is 32.2. The second kappa shape index (κ2) is 4.42. The van der Waals surface area contributed by atoms with Gasteiger partial charge in [0.1, 0.15) is 0 Å². The van der Waals surface area contributed by atoms with Gasteiger partial charge in [0.2, 0.25) is 10.0 Å². The molecule has 0 aliphatic heterocycles. The van der Waals surface area contributed by atoms with Crippen LogP contribution in [0.25, 0.3) is 0 Å². The van der Waals surface area contributed by atoms with Crippen molar-refractivity contribution in [2.24, 2.45) is 11.3 Å². The van der Waals surface area contributed by atoms with Crippen LogP contribution in [0.15, 0.2) is 0 Å². The van der Waals surface area contributed by atoms with Crippen LogP contribution in [0.1, 0.15) is 46.5 Å². The van der Waals surface area contributed by atoms with E-state index < -0.39 is 10.0 Å². The van der Waals surface area contributed by atoms with Crippen molar-refractivity contribution < 1.29 is 8.42 Å².